The number of hydrogen-bond acceptors (Lipinski definition) is 3. The summed E-state index contributed by atoms with van der Waals surface area (Å²) in [6, 6.07) is 6.36. The molecule has 0 aliphatic heterocycles. The summed E-state index contributed by atoms with van der Waals surface area (Å²) in [6.07, 6.45) is 4.05. The van der Waals surface area contributed by atoms with Crippen LogP contribution in [-0.4, -0.2) is 31.9 Å². The summed E-state index contributed by atoms with van der Waals surface area (Å²) >= 11 is 4.98. The van der Waals surface area contributed by atoms with Crippen molar-refractivity contribution in [1.29, 1.82) is 0 Å². The van der Waals surface area contributed by atoms with E-state index in [0.29, 0.717) is 17.6 Å². The Labute approximate surface area is 112 Å². The third-order valence-corrected chi connectivity index (χ3v) is 3.00. The van der Waals surface area contributed by atoms with E-state index in [1.165, 1.54) is 0 Å². The van der Waals surface area contributed by atoms with Gasteiger partial charge in [0.1, 0.15) is 5.65 Å². The number of imidazole rings is 1. The predicted molar refractivity (Wildman–Crippen MR) is 77.5 cm³/mol. The predicted octanol–water partition coefficient (Wildman–Crippen LogP) is 1.83. The van der Waals surface area contributed by atoms with E-state index in [-0.39, 0.29) is 0 Å². The van der Waals surface area contributed by atoms with Gasteiger partial charge in [-0.3, -0.25) is 4.90 Å². The van der Waals surface area contributed by atoms with Crippen LogP contribution >= 0.6 is 12.2 Å². The van der Waals surface area contributed by atoms with E-state index in [9.17, 15) is 0 Å². The number of fused-ring (bicyclic) bond motifs is 1. The summed E-state index contributed by atoms with van der Waals surface area (Å²) in [5, 5.41) is 0. The summed E-state index contributed by atoms with van der Waals surface area (Å²) in [5.41, 5.74) is 7.62. The Morgan fingerprint density at radius 1 is 1.50 bits per heavy atom. The van der Waals surface area contributed by atoms with E-state index in [2.05, 4.69) is 23.7 Å². The molecule has 18 heavy (non-hydrogen) atoms. The highest BCUT2D eigenvalue weighted by Crippen LogP contribution is 2.09. The molecule has 0 aromatic carbocycles. The van der Waals surface area contributed by atoms with E-state index in [1.807, 2.05) is 35.0 Å². The van der Waals surface area contributed by atoms with E-state index in [1.54, 1.807) is 0 Å². The normalized spacial score (nSPS) is 11.6. The van der Waals surface area contributed by atoms with Crippen LogP contribution < -0.4 is 5.73 Å². The number of hydrogen-bond donors (Lipinski definition) is 1. The van der Waals surface area contributed by atoms with Gasteiger partial charge in [-0.1, -0.05) is 18.3 Å². The summed E-state index contributed by atoms with van der Waals surface area (Å²) in [4.78, 5) is 7.31. The Balaban J connectivity index is 2.17. The van der Waals surface area contributed by atoms with E-state index < -0.39 is 0 Å². The van der Waals surface area contributed by atoms with Gasteiger partial charge >= 0.3 is 0 Å². The van der Waals surface area contributed by atoms with Gasteiger partial charge in [0.15, 0.2) is 0 Å². The first kappa shape index (κ1) is 13.0. The molecule has 5 heteroatoms. The molecular formula is C13H18N4S. The summed E-state index contributed by atoms with van der Waals surface area (Å²) in [6.45, 7) is 5.65. The fraction of sp³-hybridized carbons (Fsp3) is 0.385. The topological polar surface area (TPSA) is 46.6 Å². The molecule has 0 amide bonds. The maximum absolute atomic E-state index is 5.62. The lowest BCUT2D eigenvalue weighted by Gasteiger charge is -2.24. The molecule has 96 valence electrons. The lowest BCUT2D eigenvalue weighted by molar-refractivity contribution is 0.243. The van der Waals surface area contributed by atoms with Gasteiger partial charge in [-0.05, 0) is 26.0 Å². The minimum absolute atomic E-state index is 0.385. The first-order valence-corrected chi connectivity index (χ1v) is 6.42. The van der Waals surface area contributed by atoms with Gasteiger partial charge in [-0.15, -0.1) is 0 Å². The first-order chi connectivity index (χ1) is 8.56. The van der Waals surface area contributed by atoms with Crippen LogP contribution in [0.1, 0.15) is 19.5 Å². The van der Waals surface area contributed by atoms with Crippen molar-refractivity contribution in [3.63, 3.8) is 0 Å². The summed E-state index contributed by atoms with van der Waals surface area (Å²) in [7, 11) is 0. The van der Waals surface area contributed by atoms with Crippen molar-refractivity contribution in [1.82, 2.24) is 14.3 Å². The highest BCUT2D eigenvalue weighted by atomic mass is 32.1. The Hall–Kier alpha value is -1.46. The first-order valence-electron chi connectivity index (χ1n) is 6.01. The van der Waals surface area contributed by atoms with Crippen LogP contribution in [0.15, 0.2) is 30.6 Å². The number of pyridine rings is 1. The van der Waals surface area contributed by atoms with Gasteiger partial charge in [0.2, 0.25) is 0 Å². The Morgan fingerprint density at radius 3 is 2.89 bits per heavy atom. The molecule has 0 radical (unpaired) electrons. The molecule has 0 saturated carbocycles. The SMILES string of the molecule is CC(C)N(CC(N)=S)Cc1cn2ccccc2n1. The fourth-order valence-electron chi connectivity index (χ4n) is 1.89. The molecule has 2 aromatic rings. The molecule has 0 fully saturated rings. The van der Waals surface area contributed by atoms with E-state index in [4.69, 9.17) is 18.0 Å². The molecule has 2 N–H and O–H groups in total. The Kier molecular flexibility index (Phi) is 3.93. The van der Waals surface area contributed by atoms with Crippen molar-refractivity contribution < 1.29 is 0 Å². The van der Waals surface area contributed by atoms with Crippen molar-refractivity contribution in [3.05, 3.63) is 36.3 Å². The van der Waals surface area contributed by atoms with Crippen molar-refractivity contribution in [2.45, 2.75) is 26.4 Å². The van der Waals surface area contributed by atoms with E-state index in [0.717, 1.165) is 17.9 Å². The highest BCUT2D eigenvalue weighted by Gasteiger charge is 2.13. The highest BCUT2D eigenvalue weighted by molar-refractivity contribution is 7.80. The molecule has 2 aromatic heterocycles. The second-order valence-electron chi connectivity index (χ2n) is 4.66. The van der Waals surface area contributed by atoms with Crippen molar-refractivity contribution >= 4 is 22.9 Å². The average Bonchev–Trinajstić information content (AvgIpc) is 2.69. The van der Waals surface area contributed by atoms with Crippen molar-refractivity contribution in [3.8, 4) is 0 Å². The molecule has 2 heterocycles. The third-order valence-electron chi connectivity index (χ3n) is 2.87. The second kappa shape index (κ2) is 5.46. The number of aromatic nitrogens is 2. The van der Waals surface area contributed by atoms with Crippen LogP contribution in [0.4, 0.5) is 0 Å². The second-order valence-corrected chi connectivity index (χ2v) is 5.19. The lowest BCUT2D eigenvalue weighted by Crippen LogP contribution is -2.37. The van der Waals surface area contributed by atoms with Crippen molar-refractivity contribution in [2.24, 2.45) is 5.73 Å². The van der Waals surface area contributed by atoms with Crippen LogP contribution in [0.5, 0.6) is 0 Å². The van der Waals surface area contributed by atoms with Crippen LogP contribution in [0, 0.1) is 0 Å². The maximum Gasteiger partial charge on any atom is 0.137 e. The van der Waals surface area contributed by atoms with Gasteiger partial charge in [0.05, 0.1) is 10.7 Å². The van der Waals surface area contributed by atoms with Crippen LogP contribution in [0.25, 0.3) is 5.65 Å². The number of nitrogens with zero attached hydrogens (tertiary/aromatic N) is 3. The quantitative estimate of drug-likeness (QED) is 0.835. The zero-order valence-corrected chi connectivity index (χ0v) is 11.5. The molecule has 0 aliphatic carbocycles. The third kappa shape index (κ3) is 3.05. The van der Waals surface area contributed by atoms with Gasteiger partial charge in [0, 0.05) is 31.5 Å². The van der Waals surface area contributed by atoms with Gasteiger partial charge in [-0.25, -0.2) is 4.98 Å². The molecule has 0 unspecified atom stereocenters. The largest absolute Gasteiger partial charge is 0.392 e. The molecule has 0 spiro atoms. The zero-order chi connectivity index (χ0) is 13.1. The Bertz CT molecular complexity index is 514. The number of rotatable bonds is 5. The van der Waals surface area contributed by atoms with E-state index >= 15 is 0 Å². The average molecular weight is 262 g/mol. The molecule has 0 atom stereocenters. The fourth-order valence-corrected chi connectivity index (χ4v) is 2.06. The molecule has 0 bridgehead atoms. The minimum Gasteiger partial charge on any atom is -0.392 e. The van der Waals surface area contributed by atoms with Gasteiger partial charge in [-0.2, -0.15) is 0 Å². The molecular weight excluding hydrogens is 244 g/mol. The zero-order valence-electron chi connectivity index (χ0n) is 10.7. The Morgan fingerprint density at radius 2 is 2.28 bits per heavy atom. The van der Waals surface area contributed by atoms with Gasteiger partial charge in [0.25, 0.3) is 0 Å². The van der Waals surface area contributed by atoms with Crippen molar-refractivity contribution in [2.75, 3.05) is 6.54 Å². The number of nitrogens with two attached hydrogens (primary N) is 1. The smallest absolute Gasteiger partial charge is 0.137 e. The van der Waals surface area contributed by atoms with Gasteiger partial charge < -0.3 is 10.1 Å². The standard InChI is InChI=1S/C13H18N4S/c1-10(2)17(9-12(14)18)8-11-7-16-6-4-3-5-13(16)15-11/h3-7,10H,8-9H2,1-2H3,(H2,14,18). The molecule has 0 saturated heterocycles. The summed E-state index contributed by atoms with van der Waals surface area (Å²) in [5.74, 6) is 0. The monoisotopic (exact) mass is 262 g/mol. The van der Waals surface area contributed by atoms with Crippen LogP contribution in [0.3, 0.4) is 0 Å². The maximum atomic E-state index is 5.62. The van der Waals surface area contributed by atoms with Crippen LogP contribution in [-0.2, 0) is 6.54 Å². The van der Waals surface area contributed by atoms with Crippen LogP contribution in [0.2, 0.25) is 0 Å². The lowest BCUT2D eigenvalue weighted by atomic mass is 10.3. The molecule has 2 rings (SSSR count). The minimum atomic E-state index is 0.385. The molecule has 0 aliphatic rings. The number of thiocarbonyl (C=S) groups is 1. The molecule has 4 nitrogen and oxygen atoms in total. The summed E-state index contributed by atoms with van der Waals surface area (Å²) < 4.78 is 2.02.